The van der Waals surface area contributed by atoms with Crippen LogP contribution in [0.15, 0.2) is 33.7 Å². The number of hydrogen-bond donors (Lipinski definition) is 0. The van der Waals surface area contributed by atoms with Crippen molar-refractivity contribution in [3.63, 3.8) is 0 Å². The van der Waals surface area contributed by atoms with Crippen LogP contribution in [0.25, 0.3) is 12.2 Å². The number of pyridine rings is 1. The van der Waals surface area contributed by atoms with Gasteiger partial charge in [-0.1, -0.05) is 0 Å². The second-order valence-corrected chi connectivity index (χ2v) is 3.19. The van der Waals surface area contributed by atoms with Gasteiger partial charge in [-0.3, -0.25) is 4.98 Å². The molecule has 0 saturated carbocycles. The van der Waals surface area contributed by atoms with E-state index in [2.05, 4.69) is 9.36 Å². The van der Waals surface area contributed by atoms with E-state index in [0.29, 0.717) is 5.89 Å². The van der Waals surface area contributed by atoms with E-state index in [1.807, 2.05) is 12.1 Å². The first-order valence-electron chi connectivity index (χ1n) is 3.89. The predicted molar refractivity (Wildman–Crippen MR) is 53.8 cm³/mol. The quantitative estimate of drug-likeness (QED) is 0.749. The van der Waals surface area contributed by atoms with Gasteiger partial charge in [-0.15, -0.1) is 4.37 Å². The first kappa shape index (κ1) is 8.83. The van der Waals surface area contributed by atoms with Gasteiger partial charge >= 0.3 is 4.94 Å². The Bertz CT molecular complexity index is 487. The second-order valence-electron chi connectivity index (χ2n) is 2.49. The topological polar surface area (TPSA) is 56.0 Å². The van der Waals surface area contributed by atoms with Crippen LogP contribution in [0.1, 0.15) is 11.5 Å². The zero-order chi connectivity index (χ0) is 9.80. The summed E-state index contributed by atoms with van der Waals surface area (Å²) in [4.78, 5) is 14.1. The van der Waals surface area contributed by atoms with E-state index in [1.54, 1.807) is 24.5 Å². The SMILES string of the molecule is O=c1oc(/C=C/c2ccncc2)ns1. The van der Waals surface area contributed by atoms with Crippen molar-refractivity contribution in [3.05, 3.63) is 45.7 Å². The molecule has 2 aromatic rings. The molecule has 0 aliphatic rings. The van der Waals surface area contributed by atoms with Crippen LogP contribution < -0.4 is 4.94 Å². The molecule has 70 valence electrons. The molecule has 0 radical (unpaired) electrons. The molecular weight excluding hydrogens is 200 g/mol. The summed E-state index contributed by atoms with van der Waals surface area (Å²) in [7, 11) is 0. The van der Waals surface area contributed by atoms with Gasteiger partial charge < -0.3 is 4.42 Å². The fourth-order valence-corrected chi connectivity index (χ4v) is 1.30. The van der Waals surface area contributed by atoms with Crippen molar-refractivity contribution in [2.45, 2.75) is 0 Å². The highest BCUT2D eigenvalue weighted by Gasteiger charge is 1.95. The zero-order valence-corrected chi connectivity index (χ0v) is 7.90. The Morgan fingerprint density at radius 1 is 1.29 bits per heavy atom. The minimum absolute atomic E-state index is 0.330. The standard InChI is InChI=1S/C9H6N2O2S/c12-9-13-8(11-14-9)2-1-7-3-5-10-6-4-7/h1-6H/b2-1+. The van der Waals surface area contributed by atoms with Gasteiger partial charge in [-0.05, 0) is 23.8 Å². The Morgan fingerprint density at radius 3 is 2.71 bits per heavy atom. The smallest absolute Gasteiger partial charge is 0.395 e. The van der Waals surface area contributed by atoms with Crippen molar-refractivity contribution < 1.29 is 4.42 Å². The van der Waals surface area contributed by atoms with E-state index < -0.39 is 0 Å². The molecule has 2 heterocycles. The maximum Gasteiger partial charge on any atom is 0.414 e. The molecule has 0 spiro atoms. The number of aromatic nitrogens is 2. The lowest BCUT2D eigenvalue weighted by atomic mass is 10.2. The predicted octanol–water partition coefficient (Wildman–Crippen LogP) is 1.66. The van der Waals surface area contributed by atoms with Crippen molar-refractivity contribution in [3.8, 4) is 0 Å². The fourth-order valence-electron chi connectivity index (χ4n) is 0.911. The lowest BCUT2D eigenvalue weighted by Gasteiger charge is -1.87. The van der Waals surface area contributed by atoms with E-state index in [1.165, 1.54) is 0 Å². The molecule has 5 heteroatoms. The molecule has 2 aromatic heterocycles. The fraction of sp³-hybridized carbons (Fsp3) is 0. The maximum atomic E-state index is 10.6. The molecule has 0 aromatic carbocycles. The van der Waals surface area contributed by atoms with Gasteiger partial charge in [0.15, 0.2) is 0 Å². The van der Waals surface area contributed by atoms with Gasteiger partial charge in [-0.25, -0.2) is 4.79 Å². The Hall–Kier alpha value is -1.75. The summed E-state index contributed by atoms with van der Waals surface area (Å²) in [5.74, 6) is 0.330. The summed E-state index contributed by atoms with van der Waals surface area (Å²) in [6.07, 6.45) is 6.83. The van der Waals surface area contributed by atoms with Crippen LogP contribution in [0.5, 0.6) is 0 Å². The average Bonchev–Trinajstić information content (AvgIpc) is 2.63. The summed E-state index contributed by atoms with van der Waals surface area (Å²) >= 11 is 0.804. The molecule has 0 unspecified atom stereocenters. The second kappa shape index (κ2) is 3.97. The summed E-state index contributed by atoms with van der Waals surface area (Å²) in [5, 5.41) is 0. The first-order chi connectivity index (χ1) is 6.84. The lowest BCUT2D eigenvalue weighted by Crippen LogP contribution is -1.80. The summed E-state index contributed by atoms with van der Waals surface area (Å²) in [6.45, 7) is 0. The van der Waals surface area contributed by atoms with Gasteiger partial charge in [-0.2, -0.15) is 0 Å². The van der Waals surface area contributed by atoms with Crippen LogP contribution in [-0.4, -0.2) is 9.36 Å². The lowest BCUT2D eigenvalue weighted by molar-refractivity contribution is 0.516. The third kappa shape index (κ3) is 2.14. The molecule has 0 bridgehead atoms. The molecule has 0 amide bonds. The van der Waals surface area contributed by atoms with Crippen LogP contribution in [-0.2, 0) is 0 Å². The van der Waals surface area contributed by atoms with Crippen molar-refractivity contribution >= 4 is 23.7 Å². The average molecular weight is 206 g/mol. The zero-order valence-electron chi connectivity index (χ0n) is 7.08. The van der Waals surface area contributed by atoms with Gasteiger partial charge in [0, 0.05) is 18.5 Å². The molecule has 0 N–H and O–H groups in total. The molecule has 0 fully saturated rings. The largest absolute Gasteiger partial charge is 0.414 e. The molecule has 0 aliphatic carbocycles. The van der Waals surface area contributed by atoms with Gasteiger partial charge in [0.2, 0.25) is 5.89 Å². The van der Waals surface area contributed by atoms with Crippen LogP contribution >= 0.6 is 11.5 Å². The summed E-state index contributed by atoms with van der Waals surface area (Å²) < 4.78 is 8.55. The van der Waals surface area contributed by atoms with E-state index in [9.17, 15) is 4.79 Å². The van der Waals surface area contributed by atoms with Crippen LogP contribution in [0.3, 0.4) is 0 Å². The Labute approximate surface area is 83.7 Å². The van der Waals surface area contributed by atoms with E-state index >= 15 is 0 Å². The highest BCUT2D eigenvalue weighted by atomic mass is 32.1. The third-order valence-corrected chi connectivity index (χ3v) is 2.03. The van der Waals surface area contributed by atoms with Gasteiger partial charge in [0.1, 0.15) is 0 Å². The van der Waals surface area contributed by atoms with Crippen LogP contribution in [0.2, 0.25) is 0 Å². The normalized spacial score (nSPS) is 10.9. The van der Waals surface area contributed by atoms with Crippen LogP contribution in [0.4, 0.5) is 0 Å². The third-order valence-electron chi connectivity index (χ3n) is 1.52. The highest BCUT2D eigenvalue weighted by molar-refractivity contribution is 7.02. The molecule has 0 atom stereocenters. The summed E-state index contributed by atoms with van der Waals surface area (Å²) in [6, 6.07) is 3.70. The number of rotatable bonds is 2. The molecule has 0 saturated heterocycles. The maximum absolute atomic E-state index is 10.6. The van der Waals surface area contributed by atoms with Gasteiger partial charge in [0.05, 0.1) is 11.5 Å². The van der Waals surface area contributed by atoms with Crippen molar-refractivity contribution in [2.75, 3.05) is 0 Å². The van der Waals surface area contributed by atoms with Gasteiger partial charge in [0.25, 0.3) is 0 Å². The first-order valence-corrected chi connectivity index (χ1v) is 4.67. The van der Waals surface area contributed by atoms with E-state index in [0.717, 1.165) is 17.1 Å². The molecule has 2 rings (SSSR count). The highest BCUT2D eigenvalue weighted by Crippen LogP contribution is 2.04. The minimum atomic E-state index is -0.389. The number of hydrogen-bond acceptors (Lipinski definition) is 5. The molecular formula is C9H6N2O2S. The van der Waals surface area contributed by atoms with Crippen molar-refractivity contribution in [1.29, 1.82) is 0 Å². The van der Waals surface area contributed by atoms with Crippen LogP contribution in [0, 0.1) is 0 Å². The monoisotopic (exact) mass is 206 g/mol. The Kier molecular flexibility index (Phi) is 2.51. The van der Waals surface area contributed by atoms with E-state index in [4.69, 9.17) is 4.42 Å². The molecule has 0 aliphatic heterocycles. The van der Waals surface area contributed by atoms with E-state index in [-0.39, 0.29) is 4.94 Å². The molecule has 4 nitrogen and oxygen atoms in total. The Balaban J connectivity index is 2.19. The minimum Gasteiger partial charge on any atom is -0.395 e. The number of nitrogens with zero attached hydrogens (tertiary/aromatic N) is 2. The molecule has 14 heavy (non-hydrogen) atoms. The van der Waals surface area contributed by atoms with Crippen molar-refractivity contribution in [2.24, 2.45) is 0 Å². The summed E-state index contributed by atoms with van der Waals surface area (Å²) in [5.41, 5.74) is 0.982. The Morgan fingerprint density at radius 2 is 2.07 bits per heavy atom. The van der Waals surface area contributed by atoms with Crippen molar-refractivity contribution in [1.82, 2.24) is 9.36 Å².